The number of benzene rings is 4. The second kappa shape index (κ2) is 23.2. The van der Waals surface area contributed by atoms with Crippen molar-refractivity contribution in [2.24, 2.45) is 0 Å². The van der Waals surface area contributed by atoms with Gasteiger partial charge in [-0.15, -0.1) is 0 Å². The monoisotopic (exact) mass is 1140 g/mol. The molecular formula is C51H50O30. The van der Waals surface area contributed by atoms with E-state index in [9.17, 15) is 101 Å². The van der Waals surface area contributed by atoms with Gasteiger partial charge in [0.05, 0.1) is 12.2 Å². The maximum absolute atomic E-state index is 12.9. The van der Waals surface area contributed by atoms with Crippen LogP contribution in [0.4, 0.5) is 0 Å². The summed E-state index contributed by atoms with van der Waals surface area (Å²) in [6.45, 7) is -2.63. The number of carbonyl (C=O) groups is 2. The molecule has 0 amide bonds. The topological polar surface area (TPSA) is 492 Å². The van der Waals surface area contributed by atoms with Crippen molar-refractivity contribution < 1.29 is 138 Å². The average molecular weight is 1140 g/mol. The second-order valence-electron chi connectivity index (χ2n) is 18.8. The van der Waals surface area contributed by atoms with Crippen LogP contribution >= 0.6 is 0 Å². The quantitative estimate of drug-likeness (QED) is 0.0287. The van der Waals surface area contributed by atoms with E-state index < -0.39 is 193 Å². The number of carbonyl (C=O) groups excluding carboxylic acids is 2. The highest BCUT2D eigenvalue weighted by Crippen LogP contribution is 2.46. The van der Waals surface area contributed by atoms with Crippen LogP contribution in [0.5, 0.6) is 51.7 Å². The number of esters is 2. The molecule has 3 fully saturated rings. The normalized spacial score (nSPS) is 28.6. The Morgan fingerprint density at radius 3 is 1.60 bits per heavy atom. The summed E-state index contributed by atoms with van der Waals surface area (Å²) in [7, 11) is 0. The van der Waals surface area contributed by atoms with Crippen LogP contribution < -0.4 is 20.3 Å². The lowest BCUT2D eigenvalue weighted by atomic mass is 9.98. The highest BCUT2D eigenvalue weighted by atomic mass is 16.7. The largest absolute Gasteiger partial charge is 0.507 e. The summed E-state index contributed by atoms with van der Waals surface area (Å²) in [6.07, 6.45) is -29.9. The summed E-state index contributed by atoms with van der Waals surface area (Å²) in [5.74, 6) is -8.88. The molecule has 5 aliphatic rings. The number of aliphatic hydroxyl groups excluding tert-OH is 9. The molecule has 0 unspecified atom stereocenters. The lowest BCUT2D eigenvalue weighted by Crippen LogP contribution is -2.62. The van der Waals surface area contributed by atoms with Gasteiger partial charge in [-0.05, 0) is 36.4 Å². The summed E-state index contributed by atoms with van der Waals surface area (Å²) in [6, 6.07) is 11.4. The van der Waals surface area contributed by atoms with Gasteiger partial charge in [0.2, 0.25) is 12.6 Å². The molecule has 15 atom stereocenters. The maximum atomic E-state index is 12.9. The van der Waals surface area contributed by atoms with E-state index in [0.29, 0.717) is 0 Å². The van der Waals surface area contributed by atoms with Crippen LogP contribution in [0.1, 0.15) is 6.42 Å². The average Bonchev–Trinajstić information content (AvgIpc) is 3.60. The first kappa shape index (κ1) is 57.6. The molecule has 1 aliphatic carbocycles. The van der Waals surface area contributed by atoms with Gasteiger partial charge in [0.25, 0.3) is 0 Å². The van der Waals surface area contributed by atoms with Gasteiger partial charge in [-0.1, -0.05) is 0 Å². The zero-order valence-corrected chi connectivity index (χ0v) is 41.2. The van der Waals surface area contributed by atoms with E-state index in [1.54, 1.807) is 0 Å². The first-order valence-electron chi connectivity index (χ1n) is 24.1. The molecule has 30 heteroatoms. The molecule has 5 heterocycles. The van der Waals surface area contributed by atoms with Crippen molar-refractivity contribution in [2.45, 2.75) is 98.5 Å². The molecule has 16 N–H and O–H groups in total. The Bertz CT molecular complexity index is 3370. The van der Waals surface area contributed by atoms with Crippen LogP contribution in [0.3, 0.4) is 0 Å². The Hall–Kier alpha value is -8.08. The van der Waals surface area contributed by atoms with Crippen molar-refractivity contribution in [1.82, 2.24) is 0 Å². The van der Waals surface area contributed by atoms with Crippen LogP contribution in [0.15, 0.2) is 85.2 Å². The molecule has 9 rings (SSSR count). The fourth-order valence-corrected chi connectivity index (χ4v) is 8.84. The summed E-state index contributed by atoms with van der Waals surface area (Å²) in [4.78, 5) is 50.7. The Morgan fingerprint density at radius 2 is 1.01 bits per heavy atom. The highest BCUT2D eigenvalue weighted by Gasteiger charge is 2.49. The lowest BCUT2D eigenvalue weighted by molar-refractivity contribution is -0.323. The van der Waals surface area contributed by atoms with Crippen molar-refractivity contribution in [3.05, 3.63) is 87.2 Å². The van der Waals surface area contributed by atoms with E-state index in [4.69, 9.17) is 46.7 Å². The van der Waals surface area contributed by atoms with Crippen molar-refractivity contribution in [3.63, 3.8) is 0 Å². The predicted molar refractivity (Wildman–Crippen MR) is 260 cm³/mol. The molecule has 434 valence electrons. The zero-order valence-electron chi connectivity index (χ0n) is 41.2. The third-order valence-electron chi connectivity index (χ3n) is 13.2. The molecule has 4 aliphatic heterocycles. The minimum absolute atomic E-state index is 0.101. The summed E-state index contributed by atoms with van der Waals surface area (Å²) < 4.78 is 55.5. The van der Waals surface area contributed by atoms with Crippen molar-refractivity contribution in [1.29, 1.82) is 0 Å². The molecule has 1 aromatic heterocycles. The summed E-state index contributed by atoms with van der Waals surface area (Å²) in [5, 5.41) is 168. The SMILES string of the molecule is O=C(CC(=O)OC[C@H]1O[C@@H](Oc2cc(O)c3c(=O)cc(-c4ccc(O)c(O)c4)oc3c2)[C@H](O)[C@@H](O)[C@@H]1O)OC[C@H]1O[C@@H](OC[C@H]2O[C@@H](Oc3cc4c(O)cc(=O)cc-4oc3-c3cc(O)c(O)c(O)c3)[C@H](O)[C@@H](O)[C@@H]2O)[C@H](O)[C@@H](O)[C@@H]1O. The molecule has 0 radical (unpaired) electrons. The van der Waals surface area contributed by atoms with Crippen LogP contribution in [0.25, 0.3) is 44.9 Å². The van der Waals surface area contributed by atoms with Gasteiger partial charge in [-0.25, -0.2) is 0 Å². The van der Waals surface area contributed by atoms with Gasteiger partial charge in [-0.2, -0.15) is 0 Å². The van der Waals surface area contributed by atoms with E-state index in [-0.39, 0.29) is 44.9 Å². The molecule has 0 saturated carbocycles. The maximum Gasteiger partial charge on any atom is 0.317 e. The van der Waals surface area contributed by atoms with E-state index in [2.05, 4.69) is 0 Å². The number of ether oxygens (including phenoxy) is 8. The van der Waals surface area contributed by atoms with Crippen LogP contribution in [-0.2, 0) is 38.0 Å². The minimum Gasteiger partial charge on any atom is -0.507 e. The lowest BCUT2D eigenvalue weighted by Gasteiger charge is -2.42. The van der Waals surface area contributed by atoms with Gasteiger partial charge in [0.1, 0.15) is 133 Å². The number of aromatic hydroxyl groups is 7. The van der Waals surface area contributed by atoms with Gasteiger partial charge in [-0.3, -0.25) is 19.2 Å². The minimum atomic E-state index is -2.07. The number of aliphatic hydroxyl groups is 9. The number of phenolic OH excluding ortho intramolecular Hbond substituents is 7. The van der Waals surface area contributed by atoms with Crippen LogP contribution in [-0.4, -0.2) is 206 Å². The molecule has 4 aromatic rings. The predicted octanol–water partition coefficient (Wildman–Crippen LogP) is -2.50. The van der Waals surface area contributed by atoms with E-state index >= 15 is 0 Å². The van der Waals surface area contributed by atoms with E-state index in [1.807, 2.05) is 0 Å². The van der Waals surface area contributed by atoms with Crippen molar-refractivity contribution in [3.8, 4) is 85.7 Å². The van der Waals surface area contributed by atoms with Gasteiger partial charge in [0, 0.05) is 41.5 Å². The fraction of sp³-hybridized carbons (Fsp3) is 0.373. The summed E-state index contributed by atoms with van der Waals surface area (Å²) in [5.41, 5.74) is -1.84. The van der Waals surface area contributed by atoms with Crippen LogP contribution in [0, 0.1) is 0 Å². The Kier molecular flexibility index (Phi) is 16.5. The zero-order chi connectivity index (χ0) is 58.5. The molecule has 81 heavy (non-hydrogen) atoms. The molecule has 3 aromatic carbocycles. The first-order chi connectivity index (χ1) is 38.4. The van der Waals surface area contributed by atoms with E-state index in [1.165, 1.54) is 6.07 Å². The number of phenols is 7. The van der Waals surface area contributed by atoms with E-state index in [0.717, 1.165) is 60.7 Å². The fourth-order valence-electron chi connectivity index (χ4n) is 8.84. The third kappa shape index (κ3) is 11.9. The third-order valence-corrected chi connectivity index (χ3v) is 13.2. The van der Waals surface area contributed by atoms with Crippen LogP contribution in [0.2, 0.25) is 0 Å². The Morgan fingerprint density at radius 1 is 0.469 bits per heavy atom. The number of fused-ring (bicyclic) bond motifs is 2. The molecule has 30 nitrogen and oxygen atoms in total. The number of hydrogen-bond donors (Lipinski definition) is 16. The summed E-state index contributed by atoms with van der Waals surface area (Å²) >= 11 is 0. The van der Waals surface area contributed by atoms with Gasteiger partial charge in [0.15, 0.2) is 57.4 Å². The first-order valence-corrected chi connectivity index (χ1v) is 24.1. The molecule has 3 saturated heterocycles. The van der Waals surface area contributed by atoms with Crippen molar-refractivity contribution >= 4 is 22.9 Å². The second-order valence-corrected chi connectivity index (χ2v) is 18.8. The molecule has 0 spiro atoms. The number of hydrogen-bond acceptors (Lipinski definition) is 30. The molecular weight excluding hydrogens is 1090 g/mol. The standard InChI is InChI=1S/C51H50O30/c52-18-6-22(54)20-10-31(48(77-29(20)7-18)17-4-26(58)38(62)27(59)5-17)78-51-47(71)44(68)41(65)34(81-51)15-74-49-45(69)42(66)39(63)32(79-49)13-72-35(60)12-36(61)73-14-33-40(64)43(67)46(70)50(80-33)75-19-8-24(56)37-25(57)11-28(76-30(37)9-19)16-1-2-21(53)23(55)3-16/h1-11,32-34,39-47,49-51,53-56,58-59,62-71H,12-15H2/t32-,33-,34-,39-,40-,41-,42+,43+,44+,45-,46-,47-,49-,50-,51-/m1/s1. The Balaban J connectivity index is 0.795. The Labute approximate surface area is 451 Å². The van der Waals surface area contributed by atoms with Gasteiger partial charge >= 0.3 is 11.9 Å². The number of rotatable bonds is 15. The van der Waals surface area contributed by atoms with Gasteiger partial charge < -0.3 is 128 Å². The molecule has 0 bridgehead atoms. The smallest absolute Gasteiger partial charge is 0.317 e. The highest BCUT2D eigenvalue weighted by molar-refractivity contribution is 5.91. The van der Waals surface area contributed by atoms with Crippen molar-refractivity contribution in [2.75, 3.05) is 19.8 Å².